The zero-order valence-electron chi connectivity index (χ0n) is 27.1. The molecular weight excluding hydrogens is 653 g/mol. The van der Waals surface area contributed by atoms with Gasteiger partial charge in [0.1, 0.15) is 18.3 Å². The third-order valence-electron chi connectivity index (χ3n) is 6.88. The van der Waals surface area contributed by atoms with Crippen molar-refractivity contribution >= 4 is 50.7 Å². The largest absolute Gasteiger partial charge is 0.494 e. The number of anilines is 1. The van der Waals surface area contributed by atoms with Crippen LogP contribution in [0.3, 0.4) is 0 Å². The monoisotopic (exact) mass is 693 g/mol. The summed E-state index contributed by atoms with van der Waals surface area (Å²) in [6.45, 7) is 8.91. The van der Waals surface area contributed by atoms with Crippen LogP contribution in [0.5, 0.6) is 17.2 Å². The van der Waals surface area contributed by atoms with Gasteiger partial charge in [-0.15, -0.1) is 0 Å². The summed E-state index contributed by atoms with van der Waals surface area (Å²) in [5, 5.41) is 3.56. The van der Waals surface area contributed by atoms with Crippen molar-refractivity contribution in [2.24, 2.45) is 0 Å². The predicted molar refractivity (Wildman–Crippen MR) is 181 cm³/mol. The highest BCUT2D eigenvalue weighted by atomic mass is 35.5. The molecular formula is C33H41Cl2N3O7S. The average Bonchev–Trinajstić information content (AvgIpc) is 3.00. The van der Waals surface area contributed by atoms with Crippen LogP contribution in [0.4, 0.5) is 5.69 Å². The molecule has 0 aromatic heterocycles. The van der Waals surface area contributed by atoms with Crippen LogP contribution in [-0.2, 0) is 26.2 Å². The van der Waals surface area contributed by atoms with Crippen molar-refractivity contribution in [3.05, 3.63) is 76.3 Å². The lowest BCUT2D eigenvalue weighted by Crippen LogP contribution is -2.55. The molecule has 0 unspecified atom stereocenters. The molecule has 1 atom stereocenters. The minimum absolute atomic E-state index is 0.0285. The summed E-state index contributed by atoms with van der Waals surface area (Å²) in [5.41, 5.74) is 0.252. The predicted octanol–water partition coefficient (Wildman–Crippen LogP) is 6.33. The normalized spacial score (nSPS) is 12.2. The second-order valence-electron chi connectivity index (χ2n) is 11.4. The van der Waals surface area contributed by atoms with Crippen LogP contribution < -0.4 is 23.8 Å². The van der Waals surface area contributed by atoms with Crippen molar-refractivity contribution in [1.82, 2.24) is 10.2 Å². The molecule has 2 amide bonds. The lowest BCUT2D eigenvalue weighted by Gasteiger charge is -2.35. The van der Waals surface area contributed by atoms with E-state index in [-0.39, 0.29) is 40.2 Å². The van der Waals surface area contributed by atoms with E-state index >= 15 is 0 Å². The number of hydrogen-bond acceptors (Lipinski definition) is 7. The van der Waals surface area contributed by atoms with Gasteiger partial charge in [-0.2, -0.15) is 0 Å². The van der Waals surface area contributed by atoms with Crippen molar-refractivity contribution in [2.45, 2.75) is 64.1 Å². The summed E-state index contributed by atoms with van der Waals surface area (Å²) in [6.07, 6.45) is 0.264. The number of carbonyl (C=O) groups excluding carboxylic acids is 2. The van der Waals surface area contributed by atoms with Crippen LogP contribution in [0.2, 0.25) is 10.0 Å². The van der Waals surface area contributed by atoms with Crippen LogP contribution in [-0.4, -0.2) is 64.1 Å². The van der Waals surface area contributed by atoms with Crippen molar-refractivity contribution in [3.8, 4) is 17.2 Å². The van der Waals surface area contributed by atoms with Gasteiger partial charge in [0.15, 0.2) is 11.5 Å². The van der Waals surface area contributed by atoms with Gasteiger partial charge >= 0.3 is 0 Å². The zero-order valence-corrected chi connectivity index (χ0v) is 29.4. The number of sulfonamides is 1. The quantitative estimate of drug-likeness (QED) is 0.210. The summed E-state index contributed by atoms with van der Waals surface area (Å²) in [7, 11) is -1.52. The number of rotatable bonds is 14. The number of ether oxygens (including phenoxy) is 3. The summed E-state index contributed by atoms with van der Waals surface area (Å²) in [4.78, 5) is 29.1. The first kappa shape index (κ1) is 36.8. The fraction of sp³-hybridized carbons (Fsp3) is 0.394. The third kappa shape index (κ3) is 9.20. The van der Waals surface area contributed by atoms with E-state index in [1.165, 1.54) is 37.3 Å². The van der Waals surface area contributed by atoms with Crippen molar-refractivity contribution in [3.63, 3.8) is 0 Å². The first-order valence-electron chi connectivity index (χ1n) is 14.7. The maximum absolute atomic E-state index is 14.3. The van der Waals surface area contributed by atoms with Gasteiger partial charge in [0.25, 0.3) is 10.0 Å². The molecule has 0 radical (unpaired) electrons. The van der Waals surface area contributed by atoms with E-state index in [0.717, 1.165) is 4.31 Å². The van der Waals surface area contributed by atoms with E-state index < -0.39 is 34.1 Å². The first-order valence-corrected chi connectivity index (χ1v) is 16.9. The summed E-state index contributed by atoms with van der Waals surface area (Å²) >= 11 is 12.4. The van der Waals surface area contributed by atoms with Gasteiger partial charge in [0.05, 0.1) is 41.5 Å². The number of nitrogens with zero attached hydrogens (tertiary/aromatic N) is 2. The number of halogens is 2. The van der Waals surface area contributed by atoms with Crippen molar-refractivity contribution in [2.75, 3.05) is 31.7 Å². The molecule has 3 aromatic rings. The van der Waals surface area contributed by atoms with E-state index in [0.29, 0.717) is 28.7 Å². The van der Waals surface area contributed by atoms with Gasteiger partial charge in [-0.25, -0.2) is 8.42 Å². The topological polar surface area (TPSA) is 114 Å². The minimum Gasteiger partial charge on any atom is -0.494 e. The maximum atomic E-state index is 14.3. The summed E-state index contributed by atoms with van der Waals surface area (Å²) in [6, 6.07) is 14.5. The molecule has 0 fully saturated rings. The molecule has 0 saturated heterocycles. The first-order chi connectivity index (χ1) is 21.6. The van der Waals surface area contributed by atoms with Crippen LogP contribution >= 0.6 is 23.2 Å². The Balaban J connectivity index is 2.14. The lowest BCUT2D eigenvalue weighted by molar-refractivity contribution is -0.141. The minimum atomic E-state index is -4.36. The van der Waals surface area contributed by atoms with Gasteiger partial charge in [0, 0.05) is 18.2 Å². The number of amides is 2. The molecule has 3 aromatic carbocycles. The van der Waals surface area contributed by atoms with E-state index in [4.69, 9.17) is 37.4 Å². The van der Waals surface area contributed by atoms with E-state index in [9.17, 15) is 18.0 Å². The number of carbonyl (C=O) groups is 2. The Morgan fingerprint density at radius 3 is 2.09 bits per heavy atom. The Kier molecular flexibility index (Phi) is 12.6. The van der Waals surface area contributed by atoms with Gasteiger partial charge in [-0.1, -0.05) is 36.2 Å². The van der Waals surface area contributed by atoms with Gasteiger partial charge in [0.2, 0.25) is 11.8 Å². The smallest absolute Gasteiger partial charge is 0.264 e. The number of hydrogen-bond donors (Lipinski definition) is 1. The molecule has 46 heavy (non-hydrogen) atoms. The highest BCUT2D eigenvalue weighted by Gasteiger charge is 2.35. The fourth-order valence-corrected chi connectivity index (χ4v) is 6.47. The molecule has 0 aliphatic carbocycles. The molecule has 0 saturated carbocycles. The van der Waals surface area contributed by atoms with E-state index in [1.54, 1.807) is 49.4 Å². The van der Waals surface area contributed by atoms with Crippen LogP contribution in [0.25, 0.3) is 0 Å². The molecule has 10 nitrogen and oxygen atoms in total. The third-order valence-corrected chi connectivity index (χ3v) is 9.39. The second-order valence-corrected chi connectivity index (χ2v) is 14.1. The fourth-order valence-electron chi connectivity index (χ4n) is 4.72. The molecule has 0 aliphatic heterocycles. The Morgan fingerprint density at radius 1 is 0.891 bits per heavy atom. The number of nitrogens with one attached hydrogen (secondary N) is 1. The SMILES string of the molecule is CCOc1ccc(N(CC(=O)N(Cc2ccc(Cl)c(Cl)c2)[C@H](CC)C(=O)NC(C)(C)C)S(=O)(=O)c2ccc(OC)c(OC)c2)cc1. The Bertz CT molecular complexity index is 1630. The number of methoxy groups -OCH3 is 2. The Hall–Kier alpha value is -3.67. The lowest BCUT2D eigenvalue weighted by atomic mass is 10.1. The van der Waals surface area contributed by atoms with E-state index in [2.05, 4.69) is 5.32 Å². The van der Waals surface area contributed by atoms with Crippen LogP contribution in [0, 0.1) is 0 Å². The highest BCUT2D eigenvalue weighted by Crippen LogP contribution is 2.33. The van der Waals surface area contributed by atoms with Crippen molar-refractivity contribution in [1.29, 1.82) is 0 Å². The van der Waals surface area contributed by atoms with Gasteiger partial charge in [-0.3, -0.25) is 13.9 Å². The molecule has 0 heterocycles. The molecule has 0 spiro atoms. The molecule has 3 rings (SSSR count). The van der Waals surface area contributed by atoms with Crippen LogP contribution in [0.15, 0.2) is 65.6 Å². The molecule has 250 valence electrons. The second kappa shape index (κ2) is 15.8. The number of benzene rings is 3. The highest BCUT2D eigenvalue weighted by molar-refractivity contribution is 7.92. The molecule has 0 bridgehead atoms. The van der Waals surface area contributed by atoms with Crippen molar-refractivity contribution < 1.29 is 32.2 Å². The summed E-state index contributed by atoms with van der Waals surface area (Å²) in [5.74, 6) is 0.0900. The molecule has 0 aliphatic rings. The maximum Gasteiger partial charge on any atom is 0.264 e. The molecule has 1 N–H and O–H groups in total. The standard InChI is InChI=1S/C33H41Cl2N3O7S/c1-8-28(32(40)36-33(3,4)5)37(20-22-10-16-26(34)27(35)18-22)31(39)21-38(23-11-13-24(14-12-23)45-9-2)46(41,42)25-15-17-29(43-6)30(19-25)44-7/h10-19,28H,8-9,20-21H2,1-7H3,(H,36,40)/t28-/m1/s1. The Labute approximate surface area is 281 Å². The van der Waals surface area contributed by atoms with E-state index in [1.807, 2.05) is 27.7 Å². The molecule has 13 heteroatoms. The van der Waals surface area contributed by atoms with Gasteiger partial charge in [-0.05, 0) is 88.2 Å². The summed E-state index contributed by atoms with van der Waals surface area (Å²) < 4.78 is 45.8. The van der Waals surface area contributed by atoms with Gasteiger partial charge < -0.3 is 24.4 Å². The Morgan fingerprint density at radius 2 is 1.54 bits per heavy atom. The van der Waals surface area contributed by atoms with Crippen LogP contribution in [0.1, 0.15) is 46.6 Å². The zero-order chi connectivity index (χ0) is 34.2. The average molecular weight is 695 g/mol.